The van der Waals surface area contributed by atoms with E-state index < -0.39 is 4.92 Å². The summed E-state index contributed by atoms with van der Waals surface area (Å²) in [5.74, 6) is 0. The molecule has 1 aromatic carbocycles. The minimum absolute atomic E-state index is 0.00184. The number of nitrogens with two attached hydrogens (primary N) is 2. The lowest BCUT2D eigenvalue weighted by molar-refractivity contribution is -0.384. The molecule has 0 aliphatic carbocycles. The number of rotatable bonds is 6. The van der Waals surface area contributed by atoms with Crippen molar-refractivity contribution in [1.29, 1.82) is 0 Å². The van der Waals surface area contributed by atoms with E-state index in [2.05, 4.69) is 0 Å². The lowest BCUT2D eigenvalue weighted by atomic mass is 9.99. The zero-order valence-corrected chi connectivity index (χ0v) is 9.93. The second kappa shape index (κ2) is 6.18. The van der Waals surface area contributed by atoms with Crippen molar-refractivity contribution in [2.24, 2.45) is 0 Å². The summed E-state index contributed by atoms with van der Waals surface area (Å²) in [6.07, 6.45) is 0.915. The second-order valence-electron chi connectivity index (χ2n) is 3.92. The van der Waals surface area contributed by atoms with Gasteiger partial charge in [0.15, 0.2) is 0 Å². The van der Waals surface area contributed by atoms with Gasteiger partial charge in [-0.15, -0.1) is 0 Å². The van der Waals surface area contributed by atoms with Gasteiger partial charge in [-0.05, 0) is 25.3 Å². The van der Waals surface area contributed by atoms with Crippen molar-refractivity contribution in [3.8, 4) is 0 Å². The third-order valence-electron chi connectivity index (χ3n) is 2.71. The molecule has 7 nitrogen and oxygen atoms in total. The topological polar surface area (TPSA) is 136 Å². The molecule has 18 heavy (non-hydrogen) atoms. The Morgan fingerprint density at radius 3 is 2.39 bits per heavy atom. The van der Waals surface area contributed by atoms with Crippen LogP contribution in [0.5, 0.6) is 0 Å². The summed E-state index contributed by atoms with van der Waals surface area (Å²) in [7, 11) is 0. The molecular formula is C11H17N3O4. The number of hydrogen-bond donors (Lipinski definition) is 4. The van der Waals surface area contributed by atoms with E-state index in [1.165, 1.54) is 6.07 Å². The molecule has 0 saturated carbocycles. The van der Waals surface area contributed by atoms with Crippen molar-refractivity contribution < 1.29 is 15.1 Å². The maximum atomic E-state index is 11.0. The summed E-state index contributed by atoms with van der Waals surface area (Å²) in [6.45, 7) is -0.239. The third kappa shape index (κ3) is 2.88. The summed E-state index contributed by atoms with van der Waals surface area (Å²) in [4.78, 5) is 10.5. The van der Waals surface area contributed by atoms with Crippen LogP contribution in [-0.2, 0) is 12.8 Å². The Kier molecular flexibility index (Phi) is 4.87. The number of anilines is 2. The first-order chi connectivity index (χ1) is 8.52. The van der Waals surface area contributed by atoms with Gasteiger partial charge < -0.3 is 21.7 Å². The van der Waals surface area contributed by atoms with Gasteiger partial charge in [-0.2, -0.15) is 0 Å². The Morgan fingerprint density at radius 1 is 1.22 bits per heavy atom. The Morgan fingerprint density at radius 2 is 1.89 bits per heavy atom. The number of aryl methyl sites for hydroxylation is 1. The number of nitro benzene ring substituents is 1. The number of benzene rings is 1. The summed E-state index contributed by atoms with van der Waals surface area (Å²) in [5, 5.41) is 28.7. The molecule has 0 radical (unpaired) electrons. The van der Waals surface area contributed by atoms with E-state index in [0.29, 0.717) is 29.7 Å². The smallest absolute Gasteiger partial charge is 0.295 e. The maximum absolute atomic E-state index is 11.0. The monoisotopic (exact) mass is 255 g/mol. The van der Waals surface area contributed by atoms with E-state index in [-0.39, 0.29) is 31.0 Å². The number of nitrogen functional groups attached to an aromatic ring is 2. The molecule has 0 heterocycles. The van der Waals surface area contributed by atoms with Gasteiger partial charge in [0.2, 0.25) is 0 Å². The SMILES string of the molecule is Nc1cc(CCCO)c([N+](=O)[O-])c(N)c1CCO. The van der Waals surface area contributed by atoms with Gasteiger partial charge in [-0.25, -0.2) is 0 Å². The number of aliphatic hydroxyl groups is 2. The summed E-state index contributed by atoms with van der Waals surface area (Å²) < 4.78 is 0. The highest BCUT2D eigenvalue weighted by Gasteiger charge is 2.22. The maximum Gasteiger partial charge on any atom is 0.295 e. The number of hydrogen-bond acceptors (Lipinski definition) is 6. The number of aliphatic hydroxyl groups excluding tert-OH is 2. The van der Waals surface area contributed by atoms with E-state index in [4.69, 9.17) is 21.7 Å². The zero-order valence-electron chi connectivity index (χ0n) is 9.93. The van der Waals surface area contributed by atoms with Crippen LogP contribution in [0.15, 0.2) is 6.07 Å². The van der Waals surface area contributed by atoms with Crippen molar-refractivity contribution in [3.05, 3.63) is 27.3 Å². The highest BCUT2D eigenvalue weighted by Crippen LogP contribution is 2.34. The first-order valence-electron chi connectivity index (χ1n) is 5.58. The van der Waals surface area contributed by atoms with Gasteiger partial charge in [-0.3, -0.25) is 10.1 Å². The summed E-state index contributed by atoms with van der Waals surface area (Å²) in [6, 6.07) is 1.50. The minimum Gasteiger partial charge on any atom is -0.398 e. The third-order valence-corrected chi connectivity index (χ3v) is 2.71. The molecular weight excluding hydrogens is 238 g/mol. The molecule has 0 aromatic heterocycles. The van der Waals surface area contributed by atoms with E-state index in [9.17, 15) is 10.1 Å². The molecule has 7 heteroatoms. The second-order valence-corrected chi connectivity index (χ2v) is 3.92. The van der Waals surface area contributed by atoms with Crippen molar-refractivity contribution in [1.82, 2.24) is 0 Å². The standard InChI is InChI=1S/C11H17N3O4/c12-9-6-7(2-1-4-15)11(14(17)18)10(13)8(9)3-5-16/h6,15-16H,1-5,12-13H2. The Labute approximate surface area is 104 Å². The van der Waals surface area contributed by atoms with Crippen LogP contribution in [0, 0.1) is 10.1 Å². The van der Waals surface area contributed by atoms with Crippen LogP contribution in [0.3, 0.4) is 0 Å². The van der Waals surface area contributed by atoms with Gasteiger partial charge >= 0.3 is 0 Å². The summed E-state index contributed by atoms with van der Waals surface area (Å²) in [5.41, 5.74) is 12.5. The molecule has 0 amide bonds. The van der Waals surface area contributed by atoms with Gasteiger partial charge in [0.05, 0.1) is 4.92 Å². The van der Waals surface area contributed by atoms with Gasteiger partial charge in [-0.1, -0.05) is 0 Å². The number of nitrogens with zero attached hydrogens (tertiary/aromatic N) is 1. The molecule has 6 N–H and O–H groups in total. The molecule has 0 bridgehead atoms. The predicted octanol–water partition coefficient (Wildman–Crippen LogP) is 0.219. The lowest BCUT2D eigenvalue weighted by Gasteiger charge is -2.12. The molecule has 0 atom stereocenters. The summed E-state index contributed by atoms with van der Waals surface area (Å²) >= 11 is 0. The lowest BCUT2D eigenvalue weighted by Crippen LogP contribution is -2.09. The van der Waals surface area contributed by atoms with Gasteiger partial charge in [0.1, 0.15) is 5.69 Å². The first-order valence-corrected chi connectivity index (χ1v) is 5.58. The first kappa shape index (κ1) is 14.2. The van der Waals surface area contributed by atoms with Crippen LogP contribution in [-0.4, -0.2) is 28.4 Å². The van der Waals surface area contributed by atoms with Crippen LogP contribution in [0.2, 0.25) is 0 Å². The van der Waals surface area contributed by atoms with Gasteiger partial charge in [0.25, 0.3) is 5.69 Å². The number of nitro groups is 1. The van der Waals surface area contributed by atoms with Crippen LogP contribution in [0.25, 0.3) is 0 Å². The average molecular weight is 255 g/mol. The molecule has 0 aliphatic rings. The fourth-order valence-corrected chi connectivity index (χ4v) is 1.88. The fraction of sp³-hybridized carbons (Fsp3) is 0.455. The highest BCUT2D eigenvalue weighted by atomic mass is 16.6. The minimum atomic E-state index is -0.553. The molecule has 100 valence electrons. The van der Waals surface area contributed by atoms with E-state index in [1.54, 1.807) is 0 Å². The van der Waals surface area contributed by atoms with E-state index >= 15 is 0 Å². The van der Waals surface area contributed by atoms with Gasteiger partial charge in [0, 0.05) is 30.0 Å². The molecule has 0 spiro atoms. The van der Waals surface area contributed by atoms with E-state index in [1.807, 2.05) is 0 Å². The Bertz CT molecular complexity index is 448. The van der Waals surface area contributed by atoms with Crippen molar-refractivity contribution in [2.75, 3.05) is 24.7 Å². The largest absolute Gasteiger partial charge is 0.398 e. The van der Waals surface area contributed by atoms with Crippen LogP contribution in [0.1, 0.15) is 17.5 Å². The van der Waals surface area contributed by atoms with Crippen LogP contribution in [0.4, 0.5) is 17.1 Å². The quantitative estimate of drug-likeness (QED) is 0.326. The van der Waals surface area contributed by atoms with Crippen molar-refractivity contribution in [3.63, 3.8) is 0 Å². The molecule has 0 aliphatic heterocycles. The molecule has 0 fully saturated rings. The predicted molar refractivity (Wildman–Crippen MR) is 68.1 cm³/mol. The molecule has 1 aromatic rings. The van der Waals surface area contributed by atoms with Crippen LogP contribution >= 0.6 is 0 Å². The van der Waals surface area contributed by atoms with Crippen LogP contribution < -0.4 is 11.5 Å². The molecule has 0 unspecified atom stereocenters. The normalized spacial score (nSPS) is 10.6. The Balaban J connectivity index is 3.31. The van der Waals surface area contributed by atoms with Crippen molar-refractivity contribution >= 4 is 17.1 Å². The molecule has 0 saturated heterocycles. The fourth-order valence-electron chi connectivity index (χ4n) is 1.88. The zero-order chi connectivity index (χ0) is 13.7. The van der Waals surface area contributed by atoms with E-state index in [0.717, 1.165) is 0 Å². The Hall–Kier alpha value is -1.86. The average Bonchev–Trinajstić information content (AvgIpc) is 2.30. The highest BCUT2D eigenvalue weighted by molar-refractivity contribution is 5.75. The molecule has 1 rings (SSSR count). The van der Waals surface area contributed by atoms with Crippen molar-refractivity contribution in [2.45, 2.75) is 19.3 Å².